The zero-order valence-electron chi connectivity index (χ0n) is 16.9. The summed E-state index contributed by atoms with van der Waals surface area (Å²) in [4.78, 5) is 13.7. The van der Waals surface area contributed by atoms with Gasteiger partial charge in [0, 0.05) is 4.88 Å². The molecule has 0 fully saturated rings. The molecule has 152 valence electrons. The summed E-state index contributed by atoms with van der Waals surface area (Å²) in [5.41, 5.74) is 2.78. The highest BCUT2D eigenvalue weighted by atomic mass is 32.1. The predicted octanol–water partition coefficient (Wildman–Crippen LogP) is 4.89. The molecule has 1 aromatic heterocycles. The Morgan fingerprint density at radius 3 is 2.97 bits per heavy atom. The Kier molecular flexibility index (Phi) is 6.95. The zero-order chi connectivity index (χ0) is 20.8. The van der Waals surface area contributed by atoms with Crippen molar-refractivity contribution in [1.29, 1.82) is 5.26 Å². The summed E-state index contributed by atoms with van der Waals surface area (Å²) in [6.07, 6.45) is 6.70. The van der Waals surface area contributed by atoms with Crippen molar-refractivity contribution in [3.05, 3.63) is 52.4 Å². The molecule has 6 heteroatoms. The van der Waals surface area contributed by atoms with Gasteiger partial charge in [0.25, 0.3) is 5.91 Å². The van der Waals surface area contributed by atoms with Crippen molar-refractivity contribution < 1.29 is 14.3 Å². The van der Waals surface area contributed by atoms with Crippen molar-refractivity contribution in [1.82, 2.24) is 0 Å². The van der Waals surface area contributed by atoms with Crippen LogP contribution in [0.3, 0.4) is 0 Å². The Morgan fingerprint density at radius 1 is 1.45 bits per heavy atom. The maximum Gasteiger partial charge on any atom is 0.262 e. The van der Waals surface area contributed by atoms with Crippen molar-refractivity contribution in [2.45, 2.75) is 39.0 Å². The van der Waals surface area contributed by atoms with Crippen LogP contribution in [0.5, 0.6) is 11.5 Å². The van der Waals surface area contributed by atoms with Gasteiger partial charge in [-0.15, -0.1) is 17.9 Å². The van der Waals surface area contributed by atoms with Gasteiger partial charge in [-0.25, -0.2) is 0 Å². The molecule has 5 nitrogen and oxygen atoms in total. The standard InChI is InChI=1S/C23H26N2O3S/c1-4-6-16-8-10-19(20(11-16)27-3)28-14-22(26)25-23-18(13-24)17-9-7-15(5-2)12-21(17)29-23/h4,8,10-11,15H,1,5-7,9,12,14H2,2-3H3,(H,25,26)/t15-/m1/s1. The maximum atomic E-state index is 12.5. The molecule has 0 bridgehead atoms. The molecule has 0 saturated heterocycles. The van der Waals surface area contributed by atoms with E-state index in [2.05, 4.69) is 24.9 Å². The number of rotatable bonds is 8. The van der Waals surface area contributed by atoms with Crippen LogP contribution in [-0.4, -0.2) is 19.6 Å². The fraction of sp³-hybridized carbons (Fsp3) is 0.391. The minimum absolute atomic E-state index is 0.151. The highest BCUT2D eigenvalue weighted by Crippen LogP contribution is 2.40. The first-order valence-electron chi connectivity index (χ1n) is 9.84. The molecule has 0 unspecified atom stereocenters. The molecule has 0 saturated carbocycles. The third-order valence-corrected chi connectivity index (χ3v) is 6.45. The summed E-state index contributed by atoms with van der Waals surface area (Å²) >= 11 is 1.53. The van der Waals surface area contributed by atoms with Crippen LogP contribution in [0.2, 0.25) is 0 Å². The van der Waals surface area contributed by atoms with Gasteiger partial charge >= 0.3 is 0 Å². The van der Waals surface area contributed by atoms with Crippen LogP contribution in [0.15, 0.2) is 30.9 Å². The van der Waals surface area contributed by atoms with E-state index < -0.39 is 0 Å². The van der Waals surface area contributed by atoms with Crippen molar-refractivity contribution in [3.8, 4) is 17.6 Å². The molecule has 1 N–H and O–H groups in total. The molecular weight excluding hydrogens is 384 g/mol. The second-order valence-electron chi connectivity index (χ2n) is 7.15. The molecule has 3 rings (SSSR count). The van der Waals surface area contributed by atoms with Gasteiger partial charge in [0.2, 0.25) is 0 Å². The SMILES string of the molecule is C=CCc1ccc(OCC(=O)Nc2sc3c(c2C#N)CC[C@@H](CC)C3)c(OC)c1. The summed E-state index contributed by atoms with van der Waals surface area (Å²) in [6.45, 7) is 5.78. The number of nitrogens with one attached hydrogen (secondary N) is 1. The maximum absolute atomic E-state index is 12.5. The number of nitrogens with zero attached hydrogens (tertiary/aromatic N) is 1. The zero-order valence-corrected chi connectivity index (χ0v) is 17.7. The summed E-state index contributed by atoms with van der Waals surface area (Å²) in [7, 11) is 1.57. The number of nitriles is 1. The molecular formula is C23H26N2O3S. The van der Waals surface area contributed by atoms with Crippen molar-refractivity contribution in [2.75, 3.05) is 19.0 Å². The van der Waals surface area contributed by atoms with Crippen molar-refractivity contribution in [2.24, 2.45) is 5.92 Å². The number of hydrogen-bond acceptors (Lipinski definition) is 5. The predicted molar refractivity (Wildman–Crippen MR) is 116 cm³/mol. The summed E-state index contributed by atoms with van der Waals surface area (Å²) in [6, 6.07) is 7.87. The molecule has 29 heavy (non-hydrogen) atoms. The molecule has 1 aromatic carbocycles. The first kappa shape index (κ1) is 20.9. The lowest BCUT2D eigenvalue weighted by Crippen LogP contribution is -2.20. The minimum atomic E-state index is -0.288. The van der Waals surface area contributed by atoms with Crippen molar-refractivity contribution in [3.63, 3.8) is 0 Å². The topological polar surface area (TPSA) is 71.3 Å². The highest BCUT2D eigenvalue weighted by Gasteiger charge is 2.25. The molecule has 0 aliphatic heterocycles. The number of amides is 1. The monoisotopic (exact) mass is 410 g/mol. The summed E-state index contributed by atoms with van der Waals surface area (Å²) in [5, 5.41) is 13.1. The molecule has 2 aromatic rings. The Morgan fingerprint density at radius 2 is 2.28 bits per heavy atom. The Labute approximate surface area is 176 Å². The van der Waals surface area contributed by atoms with E-state index in [4.69, 9.17) is 9.47 Å². The molecule has 1 amide bonds. The third-order valence-electron chi connectivity index (χ3n) is 5.28. The van der Waals surface area contributed by atoms with E-state index in [1.165, 1.54) is 16.2 Å². The van der Waals surface area contributed by atoms with Gasteiger partial charge in [-0.05, 0) is 54.9 Å². The van der Waals surface area contributed by atoms with E-state index in [1.807, 2.05) is 18.2 Å². The van der Waals surface area contributed by atoms with Gasteiger partial charge in [0.15, 0.2) is 18.1 Å². The summed E-state index contributed by atoms with van der Waals surface area (Å²) < 4.78 is 11.0. The van der Waals surface area contributed by atoms with Gasteiger partial charge < -0.3 is 14.8 Å². The van der Waals surface area contributed by atoms with E-state index >= 15 is 0 Å². The van der Waals surface area contributed by atoms with Crippen LogP contribution < -0.4 is 14.8 Å². The lowest BCUT2D eigenvalue weighted by molar-refractivity contribution is -0.118. The molecule has 1 heterocycles. The number of anilines is 1. The first-order valence-corrected chi connectivity index (χ1v) is 10.7. The average Bonchev–Trinajstić information content (AvgIpc) is 3.08. The average molecular weight is 411 g/mol. The van der Waals surface area contributed by atoms with Crippen LogP contribution in [0, 0.1) is 17.2 Å². The Hall–Kier alpha value is -2.78. The van der Waals surface area contributed by atoms with Crippen LogP contribution >= 0.6 is 11.3 Å². The fourth-order valence-electron chi connectivity index (χ4n) is 3.64. The van der Waals surface area contributed by atoms with Crippen LogP contribution in [0.4, 0.5) is 5.00 Å². The molecule has 1 aliphatic carbocycles. The van der Waals surface area contributed by atoms with E-state index in [9.17, 15) is 10.1 Å². The van der Waals surface area contributed by atoms with Gasteiger partial charge in [-0.3, -0.25) is 4.79 Å². The number of ether oxygens (including phenoxy) is 2. The number of carbonyl (C=O) groups is 1. The number of hydrogen-bond donors (Lipinski definition) is 1. The fourth-order valence-corrected chi connectivity index (χ4v) is 4.97. The minimum Gasteiger partial charge on any atom is -0.493 e. The van der Waals surface area contributed by atoms with Gasteiger partial charge in [-0.1, -0.05) is 25.5 Å². The number of fused-ring (bicyclic) bond motifs is 1. The Bertz CT molecular complexity index is 942. The number of thiophene rings is 1. The van der Waals surface area contributed by atoms with E-state index in [-0.39, 0.29) is 12.5 Å². The van der Waals surface area contributed by atoms with E-state index in [0.717, 1.165) is 43.2 Å². The molecule has 1 aliphatic rings. The van der Waals surface area contributed by atoms with Crippen LogP contribution in [0.25, 0.3) is 0 Å². The largest absolute Gasteiger partial charge is 0.493 e. The molecule has 1 atom stereocenters. The van der Waals surface area contributed by atoms with Crippen molar-refractivity contribution >= 4 is 22.2 Å². The first-order chi connectivity index (χ1) is 14.1. The number of carbonyl (C=O) groups excluding carboxylic acids is 1. The lowest BCUT2D eigenvalue weighted by Gasteiger charge is -2.20. The summed E-state index contributed by atoms with van der Waals surface area (Å²) in [5.74, 6) is 1.46. The normalized spacial score (nSPS) is 15.1. The van der Waals surface area contributed by atoms with E-state index in [0.29, 0.717) is 28.0 Å². The third kappa shape index (κ3) is 4.80. The molecule has 0 spiro atoms. The quantitative estimate of drug-likeness (QED) is 0.629. The van der Waals surface area contributed by atoms with Gasteiger partial charge in [0.05, 0.1) is 12.7 Å². The van der Waals surface area contributed by atoms with Crippen LogP contribution in [-0.2, 0) is 24.1 Å². The second-order valence-corrected chi connectivity index (χ2v) is 8.26. The second kappa shape index (κ2) is 9.62. The van der Waals surface area contributed by atoms with Gasteiger partial charge in [0.1, 0.15) is 11.1 Å². The highest BCUT2D eigenvalue weighted by molar-refractivity contribution is 7.16. The Balaban J connectivity index is 1.67. The molecule has 0 radical (unpaired) electrons. The van der Waals surface area contributed by atoms with Gasteiger partial charge in [-0.2, -0.15) is 5.26 Å². The number of allylic oxidation sites excluding steroid dienone is 1. The van der Waals surface area contributed by atoms with E-state index in [1.54, 1.807) is 13.2 Å². The lowest BCUT2D eigenvalue weighted by atomic mass is 9.86. The number of benzene rings is 1. The smallest absolute Gasteiger partial charge is 0.262 e. The number of methoxy groups -OCH3 is 1. The van der Waals surface area contributed by atoms with Crippen LogP contribution in [0.1, 0.15) is 41.3 Å².